The number of benzene rings is 1. The van der Waals surface area contributed by atoms with Crippen LogP contribution in [0.15, 0.2) is 30.6 Å². The Morgan fingerprint density at radius 2 is 2.06 bits per heavy atom. The number of rotatable bonds is 5. The van der Waals surface area contributed by atoms with Crippen molar-refractivity contribution in [3.8, 4) is 11.4 Å². The second-order valence-corrected chi connectivity index (χ2v) is 3.63. The lowest BCUT2D eigenvalue weighted by Crippen LogP contribution is -2.05. The molecule has 1 heterocycles. The maximum absolute atomic E-state index is 8.72. The van der Waals surface area contributed by atoms with E-state index in [4.69, 9.17) is 5.11 Å². The smallest absolute Gasteiger partial charge is 0.158 e. The van der Waals surface area contributed by atoms with Crippen LogP contribution in [0.3, 0.4) is 0 Å². The standard InChI is InChI=1S/C12H16N4O/c1-2-16-12(14-9-15-16)10-3-5-11(6-4-10)13-7-8-17/h3-6,9,13,17H,2,7-8H2,1H3. The molecule has 5 heteroatoms. The molecule has 0 unspecified atom stereocenters. The third-order valence-electron chi connectivity index (χ3n) is 2.50. The average molecular weight is 232 g/mol. The van der Waals surface area contributed by atoms with Gasteiger partial charge in [-0.2, -0.15) is 5.10 Å². The Balaban J connectivity index is 2.17. The molecule has 0 radical (unpaired) electrons. The Bertz CT molecular complexity index is 464. The Kier molecular flexibility index (Phi) is 3.72. The second-order valence-electron chi connectivity index (χ2n) is 3.63. The molecule has 0 aliphatic rings. The number of nitrogens with zero attached hydrogens (tertiary/aromatic N) is 3. The van der Waals surface area contributed by atoms with Crippen LogP contribution in [0.4, 0.5) is 5.69 Å². The number of aliphatic hydroxyl groups excluding tert-OH is 1. The molecule has 0 bridgehead atoms. The van der Waals surface area contributed by atoms with Crippen molar-refractivity contribution in [2.24, 2.45) is 0 Å². The van der Waals surface area contributed by atoms with Crippen LogP contribution in [0.25, 0.3) is 11.4 Å². The largest absolute Gasteiger partial charge is 0.395 e. The van der Waals surface area contributed by atoms with E-state index in [9.17, 15) is 0 Å². The van der Waals surface area contributed by atoms with Gasteiger partial charge in [-0.05, 0) is 31.2 Å². The fraction of sp³-hybridized carbons (Fsp3) is 0.333. The Morgan fingerprint density at radius 3 is 2.71 bits per heavy atom. The maximum atomic E-state index is 8.72. The maximum Gasteiger partial charge on any atom is 0.158 e. The molecule has 1 aromatic heterocycles. The molecule has 0 amide bonds. The molecule has 2 N–H and O–H groups in total. The zero-order valence-corrected chi connectivity index (χ0v) is 9.80. The third-order valence-corrected chi connectivity index (χ3v) is 2.50. The molecular weight excluding hydrogens is 216 g/mol. The molecule has 0 aliphatic heterocycles. The Labute approximate surface area is 100 Å². The van der Waals surface area contributed by atoms with Crippen molar-refractivity contribution in [1.82, 2.24) is 14.8 Å². The summed E-state index contributed by atoms with van der Waals surface area (Å²) in [5.74, 6) is 0.876. The lowest BCUT2D eigenvalue weighted by Gasteiger charge is -2.06. The molecule has 2 rings (SSSR count). The van der Waals surface area contributed by atoms with Gasteiger partial charge < -0.3 is 10.4 Å². The first kappa shape index (κ1) is 11.6. The summed E-state index contributed by atoms with van der Waals surface area (Å²) in [5.41, 5.74) is 2.03. The normalized spacial score (nSPS) is 10.5. The minimum absolute atomic E-state index is 0.131. The first-order valence-electron chi connectivity index (χ1n) is 5.68. The van der Waals surface area contributed by atoms with Crippen LogP contribution in [0.2, 0.25) is 0 Å². The van der Waals surface area contributed by atoms with Crippen LogP contribution >= 0.6 is 0 Å². The number of hydrogen-bond acceptors (Lipinski definition) is 4. The number of aromatic nitrogens is 3. The molecule has 0 spiro atoms. The van der Waals surface area contributed by atoms with Crippen molar-refractivity contribution in [2.75, 3.05) is 18.5 Å². The third kappa shape index (κ3) is 2.62. The summed E-state index contributed by atoms with van der Waals surface area (Å²) < 4.78 is 1.86. The number of aliphatic hydroxyl groups is 1. The monoisotopic (exact) mass is 232 g/mol. The predicted octanol–water partition coefficient (Wildman–Crippen LogP) is 1.37. The van der Waals surface area contributed by atoms with E-state index in [-0.39, 0.29) is 6.61 Å². The van der Waals surface area contributed by atoms with E-state index in [1.807, 2.05) is 35.9 Å². The van der Waals surface area contributed by atoms with E-state index in [2.05, 4.69) is 15.4 Å². The molecular formula is C12H16N4O. The number of aryl methyl sites for hydroxylation is 1. The SMILES string of the molecule is CCn1ncnc1-c1ccc(NCCO)cc1. The van der Waals surface area contributed by atoms with E-state index in [1.54, 1.807) is 6.33 Å². The van der Waals surface area contributed by atoms with Crippen LogP contribution in [0.5, 0.6) is 0 Å². The summed E-state index contributed by atoms with van der Waals surface area (Å²) in [5, 5.41) is 16.0. The van der Waals surface area contributed by atoms with Crippen LogP contribution < -0.4 is 5.32 Å². The Morgan fingerprint density at radius 1 is 1.29 bits per heavy atom. The van der Waals surface area contributed by atoms with Gasteiger partial charge in [0.1, 0.15) is 6.33 Å². The van der Waals surface area contributed by atoms with Crippen molar-refractivity contribution in [3.05, 3.63) is 30.6 Å². The quantitative estimate of drug-likeness (QED) is 0.817. The van der Waals surface area contributed by atoms with Gasteiger partial charge in [-0.1, -0.05) is 0 Å². The van der Waals surface area contributed by atoms with Crippen LogP contribution in [-0.2, 0) is 6.54 Å². The highest BCUT2D eigenvalue weighted by Crippen LogP contribution is 2.18. The van der Waals surface area contributed by atoms with Crippen LogP contribution in [0, 0.1) is 0 Å². The Hall–Kier alpha value is -1.88. The minimum Gasteiger partial charge on any atom is -0.395 e. The van der Waals surface area contributed by atoms with Crippen molar-refractivity contribution in [3.63, 3.8) is 0 Å². The van der Waals surface area contributed by atoms with Crippen LogP contribution in [0.1, 0.15) is 6.92 Å². The van der Waals surface area contributed by atoms with Crippen molar-refractivity contribution < 1.29 is 5.11 Å². The van der Waals surface area contributed by atoms with Gasteiger partial charge in [-0.3, -0.25) is 0 Å². The van der Waals surface area contributed by atoms with Gasteiger partial charge in [-0.15, -0.1) is 0 Å². The highest BCUT2D eigenvalue weighted by molar-refractivity contribution is 5.59. The lowest BCUT2D eigenvalue weighted by atomic mass is 10.2. The van der Waals surface area contributed by atoms with E-state index in [0.717, 1.165) is 23.6 Å². The molecule has 0 atom stereocenters. The van der Waals surface area contributed by atoms with Crippen molar-refractivity contribution in [1.29, 1.82) is 0 Å². The summed E-state index contributed by atoms with van der Waals surface area (Å²) in [6.07, 6.45) is 1.57. The summed E-state index contributed by atoms with van der Waals surface area (Å²) >= 11 is 0. The molecule has 17 heavy (non-hydrogen) atoms. The highest BCUT2D eigenvalue weighted by Gasteiger charge is 2.05. The van der Waals surface area contributed by atoms with Gasteiger partial charge in [0.25, 0.3) is 0 Å². The first-order chi connectivity index (χ1) is 8.35. The highest BCUT2D eigenvalue weighted by atomic mass is 16.3. The van der Waals surface area contributed by atoms with E-state index in [1.165, 1.54) is 0 Å². The topological polar surface area (TPSA) is 63.0 Å². The first-order valence-corrected chi connectivity index (χ1v) is 5.68. The minimum atomic E-state index is 0.131. The summed E-state index contributed by atoms with van der Waals surface area (Å²) in [7, 11) is 0. The molecule has 0 saturated carbocycles. The summed E-state index contributed by atoms with van der Waals surface area (Å²) in [4.78, 5) is 4.24. The van der Waals surface area contributed by atoms with Gasteiger partial charge in [0.15, 0.2) is 5.82 Å². The predicted molar refractivity (Wildman–Crippen MR) is 66.7 cm³/mol. The number of nitrogens with one attached hydrogen (secondary N) is 1. The zero-order chi connectivity index (χ0) is 12.1. The molecule has 90 valence electrons. The van der Waals surface area contributed by atoms with Gasteiger partial charge in [0, 0.05) is 24.3 Å². The van der Waals surface area contributed by atoms with Gasteiger partial charge in [-0.25, -0.2) is 9.67 Å². The molecule has 0 fully saturated rings. The fourth-order valence-electron chi connectivity index (χ4n) is 1.66. The van der Waals surface area contributed by atoms with Crippen LogP contribution in [-0.4, -0.2) is 33.0 Å². The zero-order valence-electron chi connectivity index (χ0n) is 9.80. The molecule has 5 nitrogen and oxygen atoms in total. The number of anilines is 1. The van der Waals surface area contributed by atoms with E-state index < -0.39 is 0 Å². The summed E-state index contributed by atoms with van der Waals surface area (Å²) in [6, 6.07) is 7.94. The second kappa shape index (κ2) is 5.45. The number of hydrogen-bond donors (Lipinski definition) is 2. The summed E-state index contributed by atoms with van der Waals surface area (Å²) in [6.45, 7) is 3.53. The van der Waals surface area contributed by atoms with Gasteiger partial charge >= 0.3 is 0 Å². The molecule has 0 saturated heterocycles. The fourth-order valence-corrected chi connectivity index (χ4v) is 1.66. The van der Waals surface area contributed by atoms with E-state index in [0.29, 0.717) is 6.54 Å². The van der Waals surface area contributed by atoms with Crippen molar-refractivity contribution in [2.45, 2.75) is 13.5 Å². The van der Waals surface area contributed by atoms with Gasteiger partial charge in [0.2, 0.25) is 0 Å². The molecule has 2 aromatic rings. The molecule has 0 aliphatic carbocycles. The van der Waals surface area contributed by atoms with Crippen molar-refractivity contribution >= 4 is 5.69 Å². The van der Waals surface area contributed by atoms with Gasteiger partial charge in [0.05, 0.1) is 6.61 Å². The van der Waals surface area contributed by atoms with E-state index >= 15 is 0 Å². The average Bonchev–Trinajstić information content (AvgIpc) is 2.85. The lowest BCUT2D eigenvalue weighted by molar-refractivity contribution is 0.311. The molecule has 1 aromatic carbocycles.